The quantitative estimate of drug-likeness (QED) is 0.0261. The molecule has 3 aliphatic heterocycles. The predicted octanol–water partition coefficient (Wildman–Crippen LogP) is 6.01. The van der Waals surface area contributed by atoms with Crippen LogP contribution in [0.25, 0.3) is 22.0 Å². The van der Waals surface area contributed by atoms with Gasteiger partial charge in [-0.1, -0.05) is 35.3 Å². The normalized spacial score (nSPS) is 15.7. The number of anilines is 1. The smallest absolute Gasteiger partial charge is 0.352 e. The summed E-state index contributed by atoms with van der Waals surface area (Å²) < 4.78 is 43.2. The summed E-state index contributed by atoms with van der Waals surface area (Å²) in [6, 6.07) is 11.4. The van der Waals surface area contributed by atoms with Gasteiger partial charge in [-0.3, -0.25) is 43.8 Å². The van der Waals surface area contributed by atoms with Crippen LogP contribution < -0.4 is 15.4 Å². The number of piperazine rings is 1. The number of aromatic nitrogens is 3. The van der Waals surface area contributed by atoms with Crippen molar-refractivity contribution in [3.8, 4) is 16.9 Å². The summed E-state index contributed by atoms with van der Waals surface area (Å²) in [7, 11) is 1.88. The van der Waals surface area contributed by atoms with Crippen LogP contribution in [0.3, 0.4) is 0 Å². The number of aryl methyl sites for hydroxylation is 5. The fraction of sp³-hybridized carbons (Fsp3) is 0.500. The molecule has 0 bridgehead atoms. The van der Waals surface area contributed by atoms with Gasteiger partial charge in [-0.15, -0.1) is 0 Å². The third kappa shape index (κ3) is 14.8. The number of carbonyl (C=O) groups is 6. The average molecular weight is 1180 g/mol. The summed E-state index contributed by atoms with van der Waals surface area (Å²) >= 11 is 13.4. The van der Waals surface area contributed by atoms with Gasteiger partial charge in [-0.05, 0) is 94.0 Å². The Labute approximate surface area is 486 Å². The third-order valence-electron chi connectivity index (χ3n) is 14.8. The number of amides is 5. The number of hydrogen-bond donors (Lipinski definition) is 3. The highest BCUT2D eigenvalue weighted by Crippen LogP contribution is 2.42. The number of carbonyl (C=O) groups excluding carboxylic acids is 5. The third-order valence-corrected chi connectivity index (χ3v) is 15.7. The Bertz CT molecular complexity index is 3110. The molecule has 3 N–H and O–H groups in total. The van der Waals surface area contributed by atoms with E-state index in [1.54, 1.807) is 23.1 Å². The molecule has 22 nitrogen and oxygen atoms in total. The van der Waals surface area contributed by atoms with Gasteiger partial charge in [0.05, 0.1) is 93.4 Å². The van der Waals surface area contributed by atoms with E-state index < -0.39 is 35.6 Å². The van der Waals surface area contributed by atoms with Crippen LogP contribution in [-0.4, -0.2) is 194 Å². The van der Waals surface area contributed by atoms with E-state index in [1.807, 2.05) is 68.3 Å². The van der Waals surface area contributed by atoms with E-state index in [0.717, 1.165) is 55.0 Å². The number of piperidine rings is 1. The van der Waals surface area contributed by atoms with Crippen LogP contribution in [0.1, 0.15) is 78.5 Å². The van der Waals surface area contributed by atoms with Crippen LogP contribution >= 0.6 is 23.2 Å². The summed E-state index contributed by atoms with van der Waals surface area (Å²) in [6.07, 6.45) is 1.16. The molecule has 2 saturated heterocycles. The number of hydrogen-bond acceptors (Lipinski definition) is 16. The molecular weight excluding hydrogens is 1100 g/mol. The Kier molecular flexibility index (Phi) is 21.9. The Morgan fingerprint density at radius 3 is 2.06 bits per heavy atom. The van der Waals surface area contributed by atoms with Gasteiger partial charge in [0.2, 0.25) is 17.7 Å². The second kappa shape index (κ2) is 29.2. The van der Waals surface area contributed by atoms with E-state index in [9.17, 15) is 33.9 Å². The van der Waals surface area contributed by atoms with E-state index in [1.165, 1.54) is 0 Å². The Balaban J connectivity index is 0.678. The minimum atomic E-state index is -1.03. The number of carboxylic acids is 1. The van der Waals surface area contributed by atoms with Gasteiger partial charge in [0.15, 0.2) is 0 Å². The molecule has 24 heteroatoms. The van der Waals surface area contributed by atoms with Gasteiger partial charge in [0.25, 0.3) is 11.8 Å². The molecular formula is C58H72Cl2N8O14. The minimum Gasteiger partial charge on any atom is -0.494 e. The van der Waals surface area contributed by atoms with Gasteiger partial charge in [-0.25, -0.2) is 4.79 Å². The SMILES string of the molecule is Cc1cc(OCCCc2c(C(=O)O)n(CCN3CCN(C(=O)COCOCCOCCOCCOCCOCCNc4cccc5c4C(=O)N(C4CCC(=O)NC4=O)C5=O)CC3)c3c(-c4c(C)nn(C)c4C)c(Cl)ccc23)cc(C)c1Cl. The molecule has 5 aromatic rings. The summed E-state index contributed by atoms with van der Waals surface area (Å²) in [5.41, 5.74) is 7.71. The van der Waals surface area contributed by atoms with Crippen molar-refractivity contribution in [3.63, 3.8) is 0 Å². The lowest BCUT2D eigenvalue weighted by molar-refractivity contribution is -0.144. The molecule has 0 aliphatic carbocycles. The molecule has 0 radical (unpaired) electrons. The highest BCUT2D eigenvalue weighted by molar-refractivity contribution is 6.35. The highest BCUT2D eigenvalue weighted by Gasteiger charge is 2.45. The number of nitrogens with zero attached hydrogens (tertiary/aromatic N) is 6. The standard InChI is InChI=1S/C58H72Cl2N8O14/c1-36-32-40(33-37(2)52(36)60)82-22-7-9-41-42-11-12-44(59)51(49-38(3)63-64(5)39(49)4)53(42)67(54(41)58(74)75)21-18-65-16-19-66(20-17-65)48(70)34-81-35-80-31-30-79-29-28-78-27-26-77-25-24-76-23-15-61-45-10-6-8-43-50(45)57(73)68(56(43)72)46-13-14-47(69)62-55(46)71/h6,8,10-12,32-33,46,61H,7,9,13-31,34-35H2,1-5H3,(H,74,75)(H,62,69,71). The summed E-state index contributed by atoms with van der Waals surface area (Å²) in [5, 5.41) is 22.9. The van der Waals surface area contributed by atoms with Crippen molar-refractivity contribution in [3.05, 3.63) is 97.4 Å². The second-order valence-corrected chi connectivity index (χ2v) is 21.0. The van der Waals surface area contributed by atoms with E-state index >= 15 is 0 Å². The van der Waals surface area contributed by atoms with Crippen LogP contribution in [0.2, 0.25) is 10.0 Å². The van der Waals surface area contributed by atoms with Crippen molar-refractivity contribution < 1.29 is 67.0 Å². The van der Waals surface area contributed by atoms with E-state index in [2.05, 4.69) is 20.6 Å². The molecule has 1 unspecified atom stereocenters. The zero-order chi connectivity index (χ0) is 58.5. The number of ether oxygens (including phenoxy) is 7. The first-order valence-corrected chi connectivity index (χ1v) is 28.3. The molecule has 0 saturated carbocycles. The Morgan fingerprint density at radius 1 is 0.768 bits per heavy atom. The van der Waals surface area contributed by atoms with Gasteiger partial charge >= 0.3 is 5.97 Å². The van der Waals surface area contributed by atoms with Gasteiger partial charge in [0, 0.05) is 92.2 Å². The lowest BCUT2D eigenvalue weighted by Crippen LogP contribution is -2.54. The molecule has 5 amide bonds. The number of nitrogens with one attached hydrogen (secondary N) is 2. The lowest BCUT2D eigenvalue weighted by Gasteiger charge is -2.34. The monoisotopic (exact) mass is 1170 g/mol. The van der Waals surface area contributed by atoms with Crippen LogP contribution in [0.15, 0.2) is 42.5 Å². The number of rotatable bonds is 31. The number of halogens is 2. The molecule has 2 fully saturated rings. The fourth-order valence-electron chi connectivity index (χ4n) is 10.6. The van der Waals surface area contributed by atoms with Crippen LogP contribution in [0.4, 0.5) is 5.69 Å². The van der Waals surface area contributed by atoms with Crippen molar-refractivity contribution in [2.45, 2.75) is 66.0 Å². The zero-order valence-electron chi connectivity index (χ0n) is 47.1. The van der Waals surface area contributed by atoms with Crippen molar-refractivity contribution in [2.24, 2.45) is 7.05 Å². The topological polar surface area (TPSA) is 244 Å². The predicted molar refractivity (Wildman–Crippen MR) is 305 cm³/mol. The number of carboxylic acid groups (broad SMARTS) is 1. The van der Waals surface area contributed by atoms with E-state index in [-0.39, 0.29) is 55.6 Å². The average Bonchev–Trinajstić information content (AvgIpc) is 2.45. The first-order valence-electron chi connectivity index (χ1n) is 27.6. The van der Waals surface area contributed by atoms with Crippen LogP contribution in [0, 0.1) is 27.7 Å². The molecule has 5 heterocycles. The molecule has 1 atom stereocenters. The van der Waals surface area contributed by atoms with Crippen molar-refractivity contribution in [2.75, 3.05) is 124 Å². The van der Waals surface area contributed by atoms with Gasteiger partial charge in [-0.2, -0.15) is 5.10 Å². The van der Waals surface area contributed by atoms with E-state index in [4.69, 9.17) is 56.4 Å². The number of fused-ring (bicyclic) bond motifs is 2. The van der Waals surface area contributed by atoms with Gasteiger partial charge < -0.3 is 53.0 Å². The Hall–Kier alpha value is -6.47. The first-order chi connectivity index (χ1) is 39.5. The number of imide groups is 2. The summed E-state index contributed by atoms with van der Waals surface area (Å²) in [6.45, 7) is 14.5. The summed E-state index contributed by atoms with van der Waals surface area (Å²) in [4.78, 5) is 81.7. The minimum absolute atomic E-state index is 0.0481. The second-order valence-electron chi connectivity index (χ2n) is 20.2. The molecule has 442 valence electrons. The fourth-order valence-corrected chi connectivity index (χ4v) is 11.0. The van der Waals surface area contributed by atoms with Gasteiger partial charge in [0.1, 0.15) is 30.9 Å². The first kappa shape index (κ1) is 61.6. The molecule has 8 rings (SSSR count). The maximum atomic E-state index is 13.3. The van der Waals surface area contributed by atoms with Crippen LogP contribution in [0.5, 0.6) is 5.75 Å². The number of benzene rings is 3. The molecule has 0 spiro atoms. The molecule has 2 aromatic heterocycles. The van der Waals surface area contributed by atoms with Crippen molar-refractivity contribution >= 4 is 75.3 Å². The summed E-state index contributed by atoms with van der Waals surface area (Å²) in [5.74, 6) is -2.69. The lowest BCUT2D eigenvalue weighted by atomic mass is 9.98. The maximum absolute atomic E-state index is 13.3. The van der Waals surface area contributed by atoms with Crippen LogP contribution in [-0.2, 0) is 62.8 Å². The number of aromatic carboxylic acids is 1. The van der Waals surface area contributed by atoms with E-state index in [0.29, 0.717) is 140 Å². The molecule has 3 aromatic carbocycles. The zero-order valence-corrected chi connectivity index (χ0v) is 48.6. The molecule has 3 aliphatic rings. The largest absolute Gasteiger partial charge is 0.494 e. The van der Waals surface area contributed by atoms with Crippen molar-refractivity contribution in [1.82, 2.24) is 34.4 Å². The van der Waals surface area contributed by atoms with Crippen molar-refractivity contribution in [1.29, 1.82) is 0 Å². The Morgan fingerprint density at radius 2 is 1.43 bits per heavy atom. The molecule has 82 heavy (non-hydrogen) atoms. The maximum Gasteiger partial charge on any atom is 0.352 e. The highest BCUT2D eigenvalue weighted by atomic mass is 35.5.